The van der Waals surface area contributed by atoms with E-state index in [1.807, 2.05) is 37.3 Å². The minimum atomic E-state index is -0.415. The number of amides is 1. The van der Waals surface area contributed by atoms with Gasteiger partial charge in [-0.2, -0.15) is 0 Å². The molecule has 0 radical (unpaired) electrons. The third-order valence-corrected chi connectivity index (χ3v) is 4.74. The van der Waals surface area contributed by atoms with Gasteiger partial charge in [-0.1, -0.05) is 41.9 Å². The quantitative estimate of drug-likeness (QED) is 0.360. The van der Waals surface area contributed by atoms with Gasteiger partial charge in [-0.15, -0.1) is 0 Å². The average Bonchev–Trinajstić information content (AvgIpc) is 2.75. The fourth-order valence-electron chi connectivity index (χ4n) is 2.90. The zero-order chi connectivity index (χ0) is 21.1. The number of nitrogen functional groups attached to an aromatic ring is 1. The van der Waals surface area contributed by atoms with Gasteiger partial charge in [-0.05, 0) is 31.2 Å². The fraction of sp³-hybridized carbons (Fsp3) is 0.0476. The summed E-state index contributed by atoms with van der Waals surface area (Å²) in [5.41, 5.74) is 14.5. The van der Waals surface area contributed by atoms with Crippen LogP contribution >= 0.6 is 11.6 Å². The van der Waals surface area contributed by atoms with Crippen LogP contribution in [0.25, 0.3) is 10.9 Å². The molecule has 150 valence electrons. The van der Waals surface area contributed by atoms with Gasteiger partial charge in [0.1, 0.15) is 12.0 Å². The number of nitrogens with zero attached hydrogens (tertiary/aromatic N) is 3. The Bertz CT molecular complexity index is 1250. The van der Waals surface area contributed by atoms with E-state index in [-0.39, 0.29) is 11.5 Å². The van der Waals surface area contributed by atoms with Crippen molar-refractivity contribution in [1.82, 2.24) is 20.4 Å². The Morgan fingerprint density at radius 2 is 1.80 bits per heavy atom. The van der Waals surface area contributed by atoms with E-state index in [1.54, 1.807) is 24.3 Å². The number of anilines is 4. The average molecular weight is 420 g/mol. The van der Waals surface area contributed by atoms with Crippen molar-refractivity contribution in [1.29, 1.82) is 0 Å². The maximum absolute atomic E-state index is 12.3. The lowest BCUT2D eigenvalue weighted by Crippen LogP contribution is -2.30. The molecule has 9 heteroatoms. The van der Waals surface area contributed by atoms with Crippen molar-refractivity contribution < 1.29 is 4.79 Å². The molecule has 0 bridgehead atoms. The van der Waals surface area contributed by atoms with Gasteiger partial charge < -0.3 is 11.1 Å². The topological polar surface area (TPSA) is 118 Å². The standard InChI is InChI=1S/C21H18ClN7O/c1-12-9-10-13-5-4-8-16(18(13)26-12)27-19-17(23)20(25-11-24-19)28-29-21(30)14-6-2-3-7-15(14)22/h2-11H,23H2,1H3,(H,29,30)(H2,24,25,27,28). The number of aromatic nitrogens is 3. The van der Waals surface area contributed by atoms with Gasteiger partial charge in [0.05, 0.1) is 21.8 Å². The molecule has 0 saturated heterocycles. The Hall–Kier alpha value is -3.91. The van der Waals surface area contributed by atoms with Crippen molar-refractivity contribution in [2.75, 3.05) is 16.5 Å². The highest BCUT2D eigenvalue weighted by atomic mass is 35.5. The fourth-order valence-corrected chi connectivity index (χ4v) is 3.12. The van der Waals surface area contributed by atoms with Crippen LogP contribution in [-0.4, -0.2) is 20.9 Å². The monoisotopic (exact) mass is 419 g/mol. The summed E-state index contributed by atoms with van der Waals surface area (Å²) in [6, 6.07) is 16.5. The maximum Gasteiger partial charge on any atom is 0.271 e. The van der Waals surface area contributed by atoms with Crippen molar-refractivity contribution in [2.24, 2.45) is 0 Å². The van der Waals surface area contributed by atoms with Gasteiger partial charge in [0, 0.05) is 11.1 Å². The number of pyridine rings is 1. The van der Waals surface area contributed by atoms with E-state index in [0.717, 1.165) is 22.3 Å². The largest absolute Gasteiger partial charge is 0.393 e. The van der Waals surface area contributed by atoms with Crippen LogP contribution in [0.4, 0.5) is 23.0 Å². The molecule has 0 aliphatic carbocycles. The van der Waals surface area contributed by atoms with Crippen LogP contribution in [0.5, 0.6) is 0 Å². The minimum Gasteiger partial charge on any atom is -0.393 e. The Labute approximate surface area is 177 Å². The van der Waals surface area contributed by atoms with E-state index in [4.69, 9.17) is 17.3 Å². The number of benzene rings is 2. The molecule has 2 heterocycles. The first-order chi connectivity index (χ1) is 14.5. The maximum atomic E-state index is 12.3. The van der Waals surface area contributed by atoms with Gasteiger partial charge in [0.2, 0.25) is 0 Å². The van der Waals surface area contributed by atoms with Crippen LogP contribution in [0.1, 0.15) is 16.1 Å². The molecule has 0 atom stereocenters. The van der Waals surface area contributed by atoms with E-state index >= 15 is 0 Å². The molecule has 1 amide bonds. The first-order valence-electron chi connectivity index (χ1n) is 9.07. The van der Waals surface area contributed by atoms with Crippen LogP contribution in [0.2, 0.25) is 5.02 Å². The SMILES string of the molecule is Cc1ccc2cccc(Nc3ncnc(NNC(=O)c4ccccc4Cl)c3N)c2n1. The zero-order valence-corrected chi connectivity index (χ0v) is 16.7. The molecule has 2 aromatic heterocycles. The smallest absolute Gasteiger partial charge is 0.271 e. The number of halogens is 1. The molecular weight excluding hydrogens is 402 g/mol. The van der Waals surface area contributed by atoms with Crippen molar-refractivity contribution in [3.63, 3.8) is 0 Å². The lowest BCUT2D eigenvalue weighted by Gasteiger charge is -2.14. The highest BCUT2D eigenvalue weighted by Crippen LogP contribution is 2.29. The molecule has 2 aromatic carbocycles. The van der Waals surface area contributed by atoms with Crippen molar-refractivity contribution in [2.45, 2.75) is 6.92 Å². The van der Waals surface area contributed by atoms with Crippen LogP contribution in [-0.2, 0) is 0 Å². The van der Waals surface area contributed by atoms with Gasteiger partial charge in [0.25, 0.3) is 5.91 Å². The van der Waals surface area contributed by atoms with Gasteiger partial charge >= 0.3 is 0 Å². The van der Waals surface area contributed by atoms with Crippen LogP contribution < -0.4 is 21.9 Å². The summed E-state index contributed by atoms with van der Waals surface area (Å²) in [5, 5.41) is 4.53. The lowest BCUT2D eigenvalue weighted by atomic mass is 10.1. The van der Waals surface area contributed by atoms with E-state index in [9.17, 15) is 4.79 Å². The van der Waals surface area contributed by atoms with Crippen LogP contribution in [0.3, 0.4) is 0 Å². The summed E-state index contributed by atoms with van der Waals surface area (Å²) < 4.78 is 0. The molecule has 4 rings (SSSR count). The van der Waals surface area contributed by atoms with Crippen molar-refractivity contribution in [3.8, 4) is 0 Å². The first-order valence-corrected chi connectivity index (χ1v) is 9.45. The molecule has 0 saturated carbocycles. The molecule has 4 aromatic rings. The molecule has 8 nitrogen and oxygen atoms in total. The number of carbonyl (C=O) groups excluding carboxylic acids is 1. The summed E-state index contributed by atoms with van der Waals surface area (Å²) in [4.78, 5) is 25.2. The molecule has 0 spiro atoms. The molecule has 30 heavy (non-hydrogen) atoms. The number of nitrogens with two attached hydrogens (primary N) is 1. The normalized spacial score (nSPS) is 10.6. The number of hydrogen-bond acceptors (Lipinski definition) is 7. The molecule has 0 fully saturated rings. The second kappa shape index (κ2) is 8.22. The van der Waals surface area contributed by atoms with Crippen LogP contribution in [0, 0.1) is 6.92 Å². The van der Waals surface area contributed by atoms with Gasteiger partial charge in [-0.3, -0.25) is 20.6 Å². The number of hydrogen-bond donors (Lipinski definition) is 4. The Morgan fingerprint density at radius 3 is 2.63 bits per heavy atom. The van der Waals surface area contributed by atoms with Crippen molar-refractivity contribution in [3.05, 3.63) is 77.2 Å². The van der Waals surface area contributed by atoms with Crippen LogP contribution in [0.15, 0.2) is 60.9 Å². The van der Waals surface area contributed by atoms with Gasteiger partial charge in [0.15, 0.2) is 11.6 Å². The Kier molecular flexibility index (Phi) is 5.32. The van der Waals surface area contributed by atoms with E-state index in [0.29, 0.717) is 16.4 Å². The number of nitrogens with one attached hydrogen (secondary N) is 3. The van der Waals surface area contributed by atoms with Gasteiger partial charge in [-0.25, -0.2) is 9.97 Å². The number of fused-ring (bicyclic) bond motifs is 1. The number of carbonyl (C=O) groups is 1. The summed E-state index contributed by atoms with van der Waals surface area (Å²) in [5.74, 6) is 0.217. The van der Waals surface area contributed by atoms with E-state index in [1.165, 1.54) is 6.33 Å². The molecule has 0 aliphatic heterocycles. The molecule has 5 N–H and O–H groups in total. The second-order valence-electron chi connectivity index (χ2n) is 6.50. The molecular formula is C21H18ClN7O. The third-order valence-electron chi connectivity index (χ3n) is 4.41. The number of hydrazine groups is 1. The summed E-state index contributed by atoms with van der Waals surface area (Å²) >= 11 is 6.05. The number of aryl methyl sites for hydroxylation is 1. The second-order valence-corrected chi connectivity index (χ2v) is 6.91. The predicted molar refractivity (Wildman–Crippen MR) is 119 cm³/mol. The third kappa shape index (κ3) is 3.94. The Balaban J connectivity index is 1.56. The zero-order valence-electron chi connectivity index (χ0n) is 16.0. The van der Waals surface area contributed by atoms with E-state index in [2.05, 4.69) is 31.1 Å². The number of rotatable bonds is 5. The predicted octanol–water partition coefficient (Wildman–Crippen LogP) is 4.07. The lowest BCUT2D eigenvalue weighted by molar-refractivity contribution is 0.0962. The molecule has 0 aliphatic rings. The highest BCUT2D eigenvalue weighted by molar-refractivity contribution is 6.33. The number of para-hydroxylation sites is 1. The Morgan fingerprint density at radius 1 is 1.00 bits per heavy atom. The summed E-state index contributed by atoms with van der Waals surface area (Å²) in [6.07, 6.45) is 1.34. The summed E-state index contributed by atoms with van der Waals surface area (Å²) in [7, 11) is 0. The molecule has 0 unspecified atom stereocenters. The highest BCUT2D eigenvalue weighted by Gasteiger charge is 2.13. The first kappa shape index (κ1) is 19.4. The summed E-state index contributed by atoms with van der Waals surface area (Å²) in [6.45, 7) is 1.93. The van der Waals surface area contributed by atoms with Crippen molar-refractivity contribution >= 4 is 51.4 Å². The van der Waals surface area contributed by atoms with E-state index < -0.39 is 5.91 Å². The minimum absolute atomic E-state index is 0.238.